The van der Waals surface area contributed by atoms with Crippen LogP contribution < -0.4 is 5.32 Å². The van der Waals surface area contributed by atoms with Gasteiger partial charge in [-0.05, 0) is 12.8 Å². The van der Waals surface area contributed by atoms with Crippen molar-refractivity contribution in [3.8, 4) is 0 Å². The minimum atomic E-state index is 0.395. The largest absolute Gasteiger partial charge is 0.385 e. The Hall–Kier alpha value is -0.120. The van der Waals surface area contributed by atoms with Gasteiger partial charge in [-0.15, -0.1) is 0 Å². The maximum atomic E-state index is 5.53. The predicted octanol–water partition coefficient (Wildman–Crippen LogP) is 0.416. The van der Waals surface area contributed by atoms with E-state index in [0.717, 1.165) is 39.1 Å². The van der Waals surface area contributed by atoms with Crippen LogP contribution in [-0.2, 0) is 9.47 Å². The van der Waals surface area contributed by atoms with Crippen molar-refractivity contribution >= 4 is 0 Å². The predicted molar refractivity (Wildman–Crippen MR) is 42.7 cm³/mol. The number of rotatable bonds is 5. The molecule has 0 spiro atoms. The lowest BCUT2D eigenvalue weighted by molar-refractivity contribution is 0.0512. The molecular formula is C8H16NO2. The summed E-state index contributed by atoms with van der Waals surface area (Å²) in [5.74, 6) is 0. The molecule has 0 aromatic heterocycles. The fourth-order valence-electron chi connectivity index (χ4n) is 1.15. The van der Waals surface area contributed by atoms with Crippen molar-refractivity contribution in [3.05, 3.63) is 0 Å². The number of ether oxygens (including phenoxy) is 2. The van der Waals surface area contributed by atoms with Crippen LogP contribution in [0.15, 0.2) is 0 Å². The summed E-state index contributed by atoms with van der Waals surface area (Å²) < 4.78 is 10.4. The molecule has 0 aromatic rings. The molecule has 1 unspecified atom stereocenters. The van der Waals surface area contributed by atoms with Gasteiger partial charge in [-0.3, -0.25) is 0 Å². The van der Waals surface area contributed by atoms with Gasteiger partial charge in [-0.25, -0.2) is 5.32 Å². The van der Waals surface area contributed by atoms with Gasteiger partial charge in [0, 0.05) is 33.4 Å². The van der Waals surface area contributed by atoms with E-state index in [1.807, 2.05) is 0 Å². The highest BCUT2D eigenvalue weighted by atomic mass is 16.5. The third-order valence-corrected chi connectivity index (χ3v) is 1.79. The molecule has 1 heterocycles. The minimum absolute atomic E-state index is 0.395. The first-order chi connectivity index (χ1) is 5.43. The molecule has 1 saturated heterocycles. The lowest BCUT2D eigenvalue weighted by Crippen LogP contribution is -2.15. The number of methoxy groups -OCH3 is 1. The third kappa shape index (κ3) is 3.70. The van der Waals surface area contributed by atoms with Crippen LogP contribution in [0.4, 0.5) is 0 Å². The Bertz CT molecular complexity index is 92.1. The summed E-state index contributed by atoms with van der Waals surface area (Å²) >= 11 is 0. The van der Waals surface area contributed by atoms with E-state index >= 15 is 0 Å². The first-order valence-electron chi connectivity index (χ1n) is 4.17. The fraction of sp³-hybridized carbons (Fsp3) is 1.00. The molecule has 1 rings (SSSR count). The van der Waals surface area contributed by atoms with E-state index in [4.69, 9.17) is 9.47 Å². The normalized spacial score (nSPS) is 24.3. The molecule has 11 heavy (non-hydrogen) atoms. The van der Waals surface area contributed by atoms with Crippen LogP contribution in [0.3, 0.4) is 0 Å². The van der Waals surface area contributed by atoms with Gasteiger partial charge in [0.05, 0.1) is 6.10 Å². The Labute approximate surface area is 68.1 Å². The minimum Gasteiger partial charge on any atom is -0.385 e. The summed E-state index contributed by atoms with van der Waals surface area (Å²) in [6.45, 7) is 3.49. The van der Waals surface area contributed by atoms with Gasteiger partial charge in [0.25, 0.3) is 0 Å². The second kappa shape index (κ2) is 5.52. The van der Waals surface area contributed by atoms with Crippen molar-refractivity contribution < 1.29 is 9.47 Å². The van der Waals surface area contributed by atoms with Crippen molar-refractivity contribution in [1.82, 2.24) is 5.32 Å². The standard InChI is InChI=1S/C8H16NO2/c1-10-5-2-6-11-8-3-4-9-7-8/h8H,2-7H2,1H3. The molecule has 0 aliphatic carbocycles. The Balaban J connectivity index is 1.86. The first kappa shape index (κ1) is 8.97. The molecule has 0 aromatic carbocycles. The number of hydrogen-bond acceptors (Lipinski definition) is 2. The van der Waals surface area contributed by atoms with Crippen molar-refractivity contribution in [1.29, 1.82) is 0 Å². The maximum Gasteiger partial charge on any atom is 0.0728 e. The first-order valence-corrected chi connectivity index (χ1v) is 4.17. The molecule has 0 bridgehead atoms. The summed E-state index contributed by atoms with van der Waals surface area (Å²) in [4.78, 5) is 0. The van der Waals surface area contributed by atoms with Crippen LogP contribution in [0.25, 0.3) is 0 Å². The smallest absolute Gasteiger partial charge is 0.0728 e. The van der Waals surface area contributed by atoms with Crippen molar-refractivity contribution in [3.63, 3.8) is 0 Å². The molecule has 1 fully saturated rings. The van der Waals surface area contributed by atoms with Gasteiger partial charge in [0.15, 0.2) is 0 Å². The number of hydrogen-bond donors (Lipinski definition) is 0. The quantitative estimate of drug-likeness (QED) is 0.543. The van der Waals surface area contributed by atoms with Gasteiger partial charge in [-0.1, -0.05) is 0 Å². The van der Waals surface area contributed by atoms with Gasteiger partial charge in [0.2, 0.25) is 0 Å². The molecular weight excluding hydrogens is 142 g/mol. The zero-order chi connectivity index (χ0) is 7.94. The monoisotopic (exact) mass is 158 g/mol. The molecule has 65 valence electrons. The molecule has 0 amide bonds. The molecule has 1 radical (unpaired) electrons. The van der Waals surface area contributed by atoms with E-state index < -0.39 is 0 Å². The van der Waals surface area contributed by atoms with Crippen molar-refractivity contribution in [2.24, 2.45) is 0 Å². The lowest BCUT2D eigenvalue weighted by Gasteiger charge is -2.08. The highest BCUT2D eigenvalue weighted by Gasteiger charge is 2.14. The topological polar surface area (TPSA) is 32.6 Å². The lowest BCUT2D eigenvalue weighted by atomic mass is 10.3. The van der Waals surface area contributed by atoms with Gasteiger partial charge >= 0.3 is 0 Å². The zero-order valence-corrected chi connectivity index (χ0v) is 7.08. The van der Waals surface area contributed by atoms with Crippen LogP contribution >= 0.6 is 0 Å². The van der Waals surface area contributed by atoms with E-state index in [9.17, 15) is 0 Å². The Kier molecular flexibility index (Phi) is 4.50. The second-order valence-corrected chi connectivity index (χ2v) is 2.76. The molecule has 3 nitrogen and oxygen atoms in total. The third-order valence-electron chi connectivity index (χ3n) is 1.79. The highest BCUT2D eigenvalue weighted by Crippen LogP contribution is 2.04. The van der Waals surface area contributed by atoms with E-state index in [2.05, 4.69) is 5.32 Å². The van der Waals surface area contributed by atoms with Crippen LogP contribution in [0.5, 0.6) is 0 Å². The zero-order valence-electron chi connectivity index (χ0n) is 7.08. The fourth-order valence-corrected chi connectivity index (χ4v) is 1.15. The van der Waals surface area contributed by atoms with Gasteiger partial charge in [-0.2, -0.15) is 0 Å². The summed E-state index contributed by atoms with van der Waals surface area (Å²) in [5.41, 5.74) is 0. The Morgan fingerprint density at radius 2 is 2.36 bits per heavy atom. The molecule has 3 heteroatoms. The van der Waals surface area contributed by atoms with E-state index in [0.29, 0.717) is 6.10 Å². The maximum absolute atomic E-state index is 5.53. The SMILES string of the molecule is COCCCOC1CC[N]C1. The second-order valence-electron chi connectivity index (χ2n) is 2.76. The molecule has 0 N–H and O–H groups in total. The summed E-state index contributed by atoms with van der Waals surface area (Å²) in [5, 5.41) is 4.21. The molecule has 1 aliphatic rings. The Morgan fingerprint density at radius 1 is 1.45 bits per heavy atom. The van der Waals surface area contributed by atoms with E-state index in [1.165, 1.54) is 0 Å². The summed E-state index contributed by atoms with van der Waals surface area (Å²) in [7, 11) is 1.71. The van der Waals surface area contributed by atoms with E-state index in [-0.39, 0.29) is 0 Å². The summed E-state index contributed by atoms with van der Waals surface area (Å²) in [6, 6.07) is 0. The number of nitrogens with zero attached hydrogens (tertiary/aromatic N) is 1. The van der Waals surface area contributed by atoms with Crippen LogP contribution in [0, 0.1) is 0 Å². The van der Waals surface area contributed by atoms with Gasteiger partial charge in [0.1, 0.15) is 0 Å². The van der Waals surface area contributed by atoms with Crippen LogP contribution in [0.2, 0.25) is 0 Å². The summed E-state index contributed by atoms with van der Waals surface area (Å²) in [6.07, 6.45) is 2.49. The van der Waals surface area contributed by atoms with Gasteiger partial charge < -0.3 is 9.47 Å². The van der Waals surface area contributed by atoms with Crippen LogP contribution in [0.1, 0.15) is 12.8 Å². The van der Waals surface area contributed by atoms with E-state index in [1.54, 1.807) is 7.11 Å². The molecule has 1 aliphatic heterocycles. The molecule has 1 atom stereocenters. The average molecular weight is 158 g/mol. The highest BCUT2D eigenvalue weighted by molar-refractivity contribution is 4.70. The van der Waals surface area contributed by atoms with Crippen molar-refractivity contribution in [2.45, 2.75) is 18.9 Å². The van der Waals surface area contributed by atoms with Crippen LogP contribution in [-0.4, -0.2) is 39.5 Å². The average Bonchev–Trinajstić information content (AvgIpc) is 2.50. The van der Waals surface area contributed by atoms with Crippen molar-refractivity contribution in [2.75, 3.05) is 33.4 Å². The molecule has 0 saturated carbocycles. The Morgan fingerprint density at radius 3 is 3.00 bits per heavy atom.